The second-order valence-electron chi connectivity index (χ2n) is 2.88. The van der Waals surface area contributed by atoms with Crippen molar-refractivity contribution in [1.29, 1.82) is 0 Å². The van der Waals surface area contributed by atoms with Crippen molar-refractivity contribution >= 4 is 0 Å². The summed E-state index contributed by atoms with van der Waals surface area (Å²) in [5, 5.41) is 0. The van der Waals surface area contributed by atoms with Gasteiger partial charge in [-0.2, -0.15) is 0 Å². The van der Waals surface area contributed by atoms with Gasteiger partial charge in [-0.15, -0.1) is 5.73 Å². The van der Waals surface area contributed by atoms with E-state index in [2.05, 4.69) is 36.1 Å². The van der Waals surface area contributed by atoms with Crippen LogP contribution in [-0.4, -0.2) is 0 Å². The van der Waals surface area contributed by atoms with Crippen LogP contribution < -0.4 is 0 Å². The van der Waals surface area contributed by atoms with Crippen LogP contribution in [-0.2, 0) is 6.42 Å². The number of benzene rings is 1. The molecule has 2 rings (SSSR count). The van der Waals surface area contributed by atoms with Crippen molar-refractivity contribution in [3.05, 3.63) is 65.4 Å². The molecule has 0 fully saturated rings. The van der Waals surface area contributed by atoms with Gasteiger partial charge < -0.3 is 0 Å². The fourth-order valence-corrected chi connectivity index (χ4v) is 1.30. The van der Waals surface area contributed by atoms with Crippen molar-refractivity contribution in [2.75, 3.05) is 0 Å². The lowest BCUT2D eigenvalue weighted by Crippen LogP contribution is -1.84. The van der Waals surface area contributed by atoms with Crippen LogP contribution in [0.25, 0.3) is 0 Å². The molecule has 1 aliphatic carbocycles. The van der Waals surface area contributed by atoms with Crippen molar-refractivity contribution in [3.63, 3.8) is 0 Å². The number of allylic oxidation sites excluding steroid dienone is 3. The monoisotopic (exact) mass is 184 g/mol. The molecule has 0 spiro atoms. The van der Waals surface area contributed by atoms with Crippen LogP contribution in [0.1, 0.15) is 19.4 Å². The van der Waals surface area contributed by atoms with Gasteiger partial charge in [0.25, 0.3) is 0 Å². The summed E-state index contributed by atoms with van der Waals surface area (Å²) in [6, 6.07) is 10.5. The highest BCUT2D eigenvalue weighted by Crippen LogP contribution is 2.11. The Balaban J connectivity index is 0.000000461. The van der Waals surface area contributed by atoms with Gasteiger partial charge in [0, 0.05) is 0 Å². The zero-order valence-electron chi connectivity index (χ0n) is 8.83. The Kier molecular flexibility index (Phi) is 4.54. The first-order valence-corrected chi connectivity index (χ1v) is 5.11. The van der Waals surface area contributed by atoms with Crippen molar-refractivity contribution in [2.24, 2.45) is 0 Å². The molecule has 0 atom stereocenters. The minimum atomic E-state index is 1.02. The van der Waals surface area contributed by atoms with Gasteiger partial charge in [0.05, 0.1) is 0 Å². The number of hydrogen-bond acceptors (Lipinski definition) is 0. The highest BCUT2D eigenvalue weighted by Gasteiger charge is 1.96. The summed E-state index contributed by atoms with van der Waals surface area (Å²) < 4.78 is 0. The average molecular weight is 184 g/mol. The SMILES string of the molecule is C1=CC=C(Cc2ccccc2)C=1.CC. The minimum Gasteiger partial charge on any atom is -0.121 e. The van der Waals surface area contributed by atoms with Crippen LogP contribution >= 0.6 is 0 Å². The molecule has 14 heavy (non-hydrogen) atoms. The lowest BCUT2D eigenvalue weighted by Gasteiger charge is -1.98. The highest BCUT2D eigenvalue weighted by atomic mass is 14.0. The molecule has 0 heterocycles. The third kappa shape index (κ3) is 3.08. The summed E-state index contributed by atoms with van der Waals surface area (Å²) in [5.74, 6) is 0. The zero-order chi connectivity index (χ0) is 10.2. The molecule has 0 nitrogen and oxygen atoms in total. The van der Waals surface area contributed by atoms with Gasteiger partial charge in [-0.3, -0.25) is 0 Å². The van der Waals surface area contributed by atoms with E-state index in [0.717, 1.165) is 6.42 Å². The maximum absolute atomic E-state index is 3.05. The molecule has 0 saturated heterocycles. The van der Waals surface area contributed by atoms with Gasteiger partial charge in [-0.1, -0.05) is 50.3 Å². The molecule has 0 radical (unpaired) electrons. The second kappa shape index (κ2) is 6.01. The van der Waals surface area contributed by atoms with E-state index in [-0.39, 0.29) is 0 Å². The van der Waals surface area contributed by atoms with Gasteiger partial charge in [0.1, 0.15) is 0 Å². The van der Waals surface area contributed by atoms with Crippen LogP contribution in [0.3, 0.4) is 0 Å². The third-order valence-corrected chi connectivity index (χ3v) is 1.91. The van der Waals surface area contributed by atoms with E-state index in [1.165, 1.54) is 11.1 Å². The second-order valence-corrected chi connectivity index (χ2v) is 2.88. The lowest BCUT2D eigenvalue weighted by molar-refractivity contribution is 1.20. The molecular weight excluding hydrogens is 168 g/mol. The molecule has 0 N–H and O–H groups in total. The Labute approximate surface area is 86.3 Å². The summed E-state index contributed by atoms with van der Waals surface area (Å²) in [6.45, 7) is 4.00. The third-order valence-electron chi connectivity index (χ3n) is 1.91. The number of rotatable bonds is 2. The zero-order valence-corrected chi connectivity index (χ0v) is 8.83. The molecule has 1 aliphatic rings. The van der Waals surface area contributed by atoms with Gasteiger partial charge >= 0.3 is 0 Å². The Morgan fingerprint density at radius 3 is 2.36 bits per heavy atom. The van der Waals surface area contributed by atoms with Crippen LogP contribution in [0, 0.1) is 0 Å². The molecule has 72 valence electrons. The lowest BCUT2D eigenvalue weighted by atomic mass is 10.1. The molecule has 0 amide bonds. The van der Waals surface area contributed by atoms with Crippen molar-refractivity contribution in [2.45, 2.75) is 20.3 Å². The van der Waals surface area contributed by atoms with E-state index in [1.807, 2.05) is 32.1 Å². The molecule has 1 aromatic rings. The Morgan fingerprint density at radius 2 is 1.79 bits per heavy atom. The molecule has 1 aromatic carbocycles. The summed E-state index contributed by atoms with van der Waals surface area (Å²) in [5.41, 5.74) is 5.74. The van der Waals surface area contributed by atoms with Crippen molar-refractivity contribution in [3.8, 4) is 0 Å². The summed E-state index contributed by atoms with van der Waals surface area (Å²) in [7, 11) is 0. The first-order chi connectivity index (χ1) is 6.95. The van der Waals surface area contributed by atoms with Gasteiger partial charge in [0.15, 0.2) is 0 Å². The maximum atomic E-state index is 3.05. The number of hydrogen-bond donors (Lipinski definition) is 0. The molecule has 0 aromatic heterocycles. The van der Waals surface area contributed by atoms with Crippen LogP contribution in [0.4, 0.5) is 0 Å². The molecule has 0 bridgehead atoms. The fraction of sp³-hybridized carbons (Fsp3) is 0.214. The standard InChI is InChI=1S/C12H10.C2H6/c1-2-6-11(7-3-1)10-12-8-4-5-9-12;1-2/h1-4,6-9H,10H2;1-2H3. The van der Waals surface area contributed by atoms with Crippen molar-refractivity contribution in [1.82, 2.24) is 0 Å². The molecule has 0 unspecified atom stereocenters. The van der Waals surface area contributed by atoms with E-state index in [4.69, 9.17) is 0 Å². The minimum absolute atomic E-state index is 1.02. The predicted molar refractivity (Wildman–Crippen MR) is 62.2 cm³/mol. The molecule has 0 aliphatic heterocycles. The normalized spacial score (nSPS) is 12.0. The van der Waals surface area contributed by atoms with Gasteiger partial charge in [0.2, 0.25) is 0 Å². The van der Waals surface area contributed by atoms with Crippen LogP contribution in [0.15, 0.2) is 59.9 Å². The molecular formula is C14H16. The Hall–Kier alpha value is -1.52. The first-order valence-electron chi connectivity index (χ1n) is 5.11. The molecule has 0 saturated carbocycles. The Morgan fingerprint density at radius 1 is 1.07 bits per heavy atom. The average Bonchev–Trinajstić information content (AvgIpc) is 2.75. The van der Waals surface area contributed by atoms with E-state index in [1.54, 1.807) is 0 Å². The van der Waals surface area contributed by atoms with Gasteiger partial charge in [-0.25, -0.2) is 0 Å². The quantitative estimate of drug-likeness (QED) is 0.611. The van der Waals surface area contributed by atoms with Gasteiger partial charge in [-0.05, 0) is 29.7 Å². The first kappa shape index (κ1) is 10.6. The highest BCUT2D eigenvalue weighted by molar-refractivity contribution is 5.34. The van der Waals surface area contributed by atoms with E-state index in [9.17, 15) is 0 Å². The molecule has 0 heteroatoms. The van der Waals surface area contributed by atoms with Crippen LogP contribution in [0.5, 0.6) is 0 Å². The topological polar surface area (TPSA) is 0 Å². The summed E-state index contributed by atoms with van der Waals surface area (Å²) in [4.78, 5) is 0. The van der Waals surface area contributed by atoms with Crippen LogP contribution in [0.2, 0.25) is 0 Å². The maximum Gasteiger partial charge on any atom is -0.00194 e. The summed E-state index contributed by atoms with van der Waals surface area (Å²) in [6.07, 6.45) is 7.11. The smallest absolute Gasteiger partial charge is 0.00194 e. The largest absolute Gasteiger partial charge is 0.121 e. The van der Waals surface area contributed by atoms with E-state index < -0.39 is 0 Å². The van der Waals surface area contributed by atoms with Crippen molar-refractivity contribution < 1.29 is 0 Å². The van der Waals surface area contributed by atoms with E-state index >= 15 is 0 Å². The fourth-order valence-electron chi connectivity index (χ4n) is 1.30. The van der Waals surface area contributed by atoms with E-state index in [0.29, 0.717) is 0 Å². The predicted octanol–water partition coefficient (Wildman–Crippen LogP) is 3.91. The Bertz CT molecular complexity index is 349. The summed E-state index contributed by atoms with van der Waals surface area (Å²) >= 11 is 0.